The van der Waals surface area contributed by atoms with Crippen molar-refractivity contribution in [2.24, 2.45) is 0 Å². The molecule has 0 unspecified atom stereocenters. The third-order valence-corrected chi connectivity index (χ3v) is 5.85. The van der Waals surface area contributed by atoms with Crippen molar-refractivity contribution < 1.29 is 9.59 Å². The number of likely N-dealkylation sites (tertiary alicyclic amines) is 1. The van der Waals surface area contributed by atoms with Crippen molar-refractivity contribution in [1.29, 1.82) is 0 Å². The summed E-state index contributed by atoms with van der Waals surface area (Å²) < 4.78 is 0. The van der Waals surface area contributed by atoms with E-state index >= 15 is 0 Å². The lowest BCUT2D eigenvalue weighted by Gasteiger charge is -2.38. The maximum atomic E-state index is 12.9. The number of rotatable bonds is 1. The van der Waals surface area contributed by atoms with E-state index in [9.17, 15) is 9.59 Å². The SMILES string of the molecule is CN1C(=O)C2(CCN(C(=O)c3ccsc3)CC2)c2ccccc21. The van der Waals surface area contributed by atoms with E-state index in [-0.39, 0.29) is 11.8 Å². The maximum absolute atomic E-state index is 12.9. The highest BCUT2D eigenvalue weighted by atomic mass is 32.1. The number of anilines is 1. The smallest absolute Gasteiger partial charge is 0.254 e. The second-order valence-electron chi connectivity index (χ2n) is 6.27. The largest absolute Gasteiger partial charge is 0.339 e. The highest BCUT2D eigenvalue weighted by Crippen LogP contribution is 2.47. The van der Waals surface area contributed by atoms with Crippen LogP contribution in [0.2, 0.25) is 0 Å². The summed E-state index contributed by atoms with van der Waals surface area (Å²) in [6.45, 7) is 1.26. The Balaban J connectivity index is 1.60. The highest BCUT2D eigenvalue weighted by Gasteiger charge is 2.51. The van der Waals surface area contributed by atoms with Gasteiger partial charge in [0.2, 0.25) is 5.91 Å². The first kappa shape index (κ1) is 14.5. The zero-order valence-electron chi connectivity index (χ0n) is 13.0. The van der Waals surface area contributed by atoms with Crippen LogP contribution in [0.4, 0.5) is 5.69 Å². The predicted octanol–water partition coefficient (Wildman–Crippen LogP) is 2.90. The Kier molecular flexibility index (Phi) is 3.27. The van der Waals surface area contributed by atoms with Crippen molar-refractivity contribution >= 4 is 28.8 Å². The zero-order chi connectivity index (χ0) is 16.0. The molecule has 118 valence electrons. The van der Waals surface area contributed by atoms with Gasteiger partial charge in [-0.2, -0.15) is 11.3 Å². The van der Waals surface area contributed by atoms with Gasteiger partial charge in [-0.05, 0) is 35.9 Å². The van der Waals surface area contributed by atoms with Crippen LogP contribution in [-0.2, 0) is 10.2 Å². The molecule has 1 aromatic heterocycles. The minimum Gasteiger partial charge on any atom is -0.339 e. The second kappa shape index (κ2) is 5.20. The molecule has 0 saturated carbocycles. The Bertz CT molecular complexity index is 761. The third-order valence-electron chi connectivity index (χ3n) is 5.17. The minimum atomic E-state index is -0.448. The van der Waals surface area contributed by atoms with Crippen LogP contribution >= 0.6 is 11.3 Å². The molecule has 5 heteroatoms. The summed E-state index contributed by atoms with van der Waals surface area (Å²) in [5, 5.41) is 3.81. The number of para-hydroxylation sites is 1. The molecular formula is C18H18N2O2S. The number of likely N-dealkylation sites (N-methyl/N-ethyl adjacent to an activating group) is 1. The number of carbonyl (C=O) groups excluding carboxylic acids is 2. The molecule has 1 aromatic carbocycles. The normalized spacial score (nSPS) is 19.3. The van der Waals surface area contributed by atoms with E-state index in [1.54, 1.807) is 4.90 Å². The van der Waals surface area contributed by atoms with E-state index in [0.29, 0.717) is 25.9 Å². The molecule has 0 radical (unpaired) electrons. The number of benzene rings is 1. The molecule has 1 saturated heterocycles. The molecule has 1 spiro atoms. The fraction of sp³-hybridized carbons (Fsp3) is 0.333. The van der Waals surface area contributed by atoms with Gasteiger partial charge in [0.25, 0.3) is 5.91 Å². The molecule has 0 N–H and O–H groups in total. The van der Waals surface area contributed by atoms with Gasteiger partial charge in [0.15, 0.2) is 0 Å². The Labute approximate surface area is 139 Å². The van der Waals surface area contributed by atoms with Gasteiger partial charge in [0, 0.05) is 31.2 Å². The van der Waals surface area contributed by atoms with Crippen LogP contribution in [-0.4, -0.2) is 36.9 Å². The summed E-state index contributed by atoms with van der Waals surface area (Å²) in [6, 6.07) is 9.89. The molecule has 2 aliphatic heterocycles. The van der Waals surface area contributed by atoms with Crippen LogP contribution in [0.15, 0.2) is 41.1 Å². The quantitative estimate of drug-likeness (QED) is 0.808. The fourth-order valence-electron chi connectivity index (χ4n) is 3.86. The van der Waals surface area contributed by atoms with Gasteiger partial charge in [-0.25, -0.2) is 0 Å². The molecule has 4 rings (SSSR count). The average Bonchev–Trinajstić information content (AvgIpc) is 3.20. The van der Waals surface area contributed by atoms with Crippen molar-refractivity contribution in [3.05, 3.63) is 52.2 Å². The lowest BCUT2D eigenvalue weighted by atomic mass is 9.73. The van der Waals surface area contributed by atoms with Crippen LogP contribution in [0.3, 0.4) is 0 Å². The lowest BCUT2D eigenvalue weighted by molar-refractivity contribution is -0.124. The number of hydrogen-bond acceptors (Lipinski definition) is 3. The Hall–Kier alpha value is -2.14. The van der Waals surface area contributed by atoms with Crippen molar-refractivity contribution in [2.45, 2.75) is 18.3 Å². The number of thiophene rings is 1. The third kappa shape index (κ3) is 2.03. The molecule has 0 bridgehead atoms. The van der Waals surface area contributed by atoms with E-state index in [0.717, 1.165) is 16.8 Å². The predicted molar refractivity (Wildman–Crippen MR) is 91.0 cm³/mol. The Morgan fingerprint density at radius 3 is 2.61 bits per heavy atom. The number of hydrogen-bond donors (Lipinski definition) is 0. The Morgan fingerprint density at radius 1 is 1.17 bits per heavy atom. The summed E-state index contributed by atoms with van der Waals surface area (Å²) in [6.07, 6.45) is 1.39. The summed E-state index contributed by atoms with van der Waals surface area (Å²) >= 11 is 1.53. The van der Waals surface area contributed by atoms with Gasteiger partial charge in [-0.15, -0.1) is 0 Å². The van der Waals surface area contributed by atoms with Crippen LogP contribution in [0.1, 0.15) is 28.8 Å². The molecule has 0 atom stereocenters. The maximum Gasteiger partial charge on any atom is 0.254 e. The van der Waals surface area contributed by atoms with Gasteiger partial charge in [0.1, 0.15) is 0 Å². The molecule has 23 heavy (non-hydrogen) atoms. The zero-order valence-corrected chi connectivity index (χ0v) is 13.8. The van der Waals surface area contributed by atoms with Crippen LogP contribution in [0, 0.1) is 0 Å². The van der Waals surface area contributed by atoms with Gasteiger partial charge >= 0.3 is 0 Å². The topological polar surface area (TPSA) is 40.6 Å². The van der Waals surface area contributed by atoms with Crippen molar-refractivity contribution in [2.75, 3.05) is 25.0 Å². The number of nitrogens with zero attached hydrogens (tertiary/aromatic N) is 2. The van der Waals surface area contributed by atoms with Crippen LogP contribution < -0.4 is 4.90 Å². The molecule has 4 nitrogen and oxygen atoms in total. The Morgan fingerprint density at radius 2 is 1.91 bits per heavy atom. The fourth-order valence-corrected chi connectivity index (χ4v) is 4.49. The van der Waals surface area contributed by atoms with Crippen LogP contribution in [0.25, 0.3) is 0 Å². The lowest BCUT2D eigenvalue weighted by Crippen LogP contribution is -2.49. The van der Waals surface area contributed by atoms with Gasteiger partial charge in [-0.3, -0.25) is 9.59 Å². The number of amides is 2. The molecule has 2 amide bonds. The molecule has 1 fully saturated rings. The number of piperidine rings is 1. The van der Waals surface area contributed by atoms with E-state index in [2.05, 4.69) is 6.07 Å². The summed E-state index contributed by atoms with van der Waals surface area (Å²) in [4.78, 5) is 29.0. The first-order chi connectivity index (χ1) is 11.1. The van der Waals surface area contributed by atoms with Gasteiger partial charge < -0.3 is 9.80 Å². The second-order valence-corrected chi connectivity index (χ2v) is 7.05. The van der Waals surface area contributed by atoms with Gasteiger partial charge in [-0.1, -0.05) is 18.2 Å². The van der Waals surface area contributed by atoms with E-state index in [4.69, 9.17) is 0 Å². The summed E-state index contributed by atoms with van der Waals surface area (Å²) in [5.41, 5.74) is 2.43. The van der Waals surface area contributed by atoms with E-state index in [1.165, 1.54) is 11.3 Å². The molecule has 0 aliphatic carbocycles. The monoisotopic (exact) mass is 326 g/mol. The first-order valence-corrected chi connectivity index (χ1v) is 8.77. The molecule has 3 heterocycles. The molecule has 2 aromatic rings. The first-order valence-electron chi connectivity index (χ1n) is 7.83. The van der Waals surface area contributed by atoms with Crippen molar-refractivity contribution in [1.82, 2.24) is 4.90 Å². The van der Waals surface area contributed by atoms with E-state index in [1.807, 2.05) is 47.0 Å². The van der Waals surface area contributed by atoms with Crippen molar-refractivity contribution in [3.8, 4) is 0 Å². The molecular weight excluding hydrogens is 308 g/mol. The van der Waals surface area contributed by atoms with E-state index < -0.39 is 5.41 Å². The molecule has 2 aliphatic rings. The standard InChI is InChI=1S/C18H18N2O2S/c1-19-15-5-3-2-4-14(15)18(17(19)22)7-9-20(10-8-18)16(21)13-6-11-23-12-13/h2-6,11-12H,7-10H2,1H3. The highest BCUT2D eigenvalue weighted by molar-refractivity contribution is 7.08. The summed E-state index contributed by atoms with van der Waals surface area (Å²) in [7, 11) is 1.85. The number of carbonyl (C=O) groups is 2. The van der Waals surface area contributed by atoms with Crippen LogP contribution in [0.5, 0.6) is 0 Å². The average molecular weight is 326 g/mol. The minimum absolute atomic E-state index is 0.0770. The summed E-state index contributed by atoms with van der Waals surface area (Å²) in [5.74, 6) is 0.245. The number of fused-ring (bicyclic) bond motifs is 2. The van der Waals surface area contributed by atoms with Gasteiger partial charge in [0.05, 0.1) is 11.0 Å². The van der Waals surface area contributed by atoms with Crippen molar-refractivity contribution in [3.63, 3.8) is 0 Å².